The molecule has 0 radical (unpaired) electrons. The molecule has 2 N–H and O–H groups in total. The monoisotopic (exact) mass is 439 g/mol. The average molecular weight is 440 g/mol. The number of amides is 2. The Morgan fingerprint density at radius 3 is 2.58 bits per heavy atom. The number of nitrogens with zero attached hydrogens (tertiary/aromatic N) is 3. The van der Waals surface area contributed by atoms with Crippen LogP contribution in [-0.4, -0.2) is 41.2 Å². The van der Waals surface area contributed by atoms with Crippen molar-refractivity contribution in [2.75, 3.05) is 29.9 Å². The van der Waals surface area contributed by atoms with Crippen LogP contribution in [0.15, 0.2) is 47.3 Å². The molecule has 160 valence electrons. The van der Waals surface area contributed by atoms with Gasteiger partial charge in [-0.05, 0) is 38.1 Å². The van der Waals surface area contributed by atoms with E-state index in [2.05, 4.69) is 15.7 Å². The molecule has 0 unspecified atom stereocenters. The second kappa shape index (κ2) is 8.39. The van der Waals surface area contributed by atoms with Gasteiger partial charge in [-0.25, -0.2) is 4.68 Å². The molecule has 4 rings (SSSR count). The van der Waals surface area contributed by atoms with E-state index in [1.807, 2.05) is 18.7 Å². The third-order valence-corrected chi connectivity index (χ3v) is 5.42. The minimum atomic E-state index is -0.438. The molecular formula is C22H22ClN5O3. The molecule has 2 aromatic carbocycles. The van der Waals surface area contributed by atoms with Crippen LogP contribution in [-0.2, 0) is 4.79 Å². The normalized spacial score (nSPS) is 14.1. The van der Waals surface area contributed by atoms with Gasteiger partial charge in [-0.1, -0.05) is 29.8 Å². The first-order valence-electron chi connectivity index (χ1n) is 9.99. The van der Waals surface area contributed by atoms with E-state index in [0.29, 0.717) is 34.6 Å². The lowest BCUT2D eigenvalue weighted by Gasteiger charge is -2.29. The minimum Gasteiger partial charge on any atom is -0.359 e. The van der Waals surface area contributed by atoms with Crippen LogP contribution in [0.25, 0.3) is 10.8 Å². The Morgan fingerprint density at radius 2 is 1.90 bits per heavy atom. The molecule has 1 aliphatic heterocycles. The molecule has 1 fully saturated rings. The second-order valence-corrected chi connectivity index (χ2v) is 8.04. The summed E-state index contributed by atoms with van der Waals surface area (Å²) in [6, 6.07) is 11.9. The third kappa shape index (κ3) is 4.11. The quantitative estimate of drug-likeness (QED) is 0.651. The highest BCUT2D eigenvalue weighted by Gasteiger charge is 2.21. The van der Waals surface area contributed by atoms with Crippen molar-refractivity contribution in [3.05, 3.63) is 63.5 Å². The summed E-state index contributed by atoms with van der Waals surface area (Å²) in [5, 5.41) is 11.3. The lowest BCUT2D eigenvalue weighted by molar-refractivity contribution is -0.120. The summed E-state index contributed by atoms with van der Waals surface area (Å²) in [4.78, 5) is 39.3. The van der Waals surface area contributed by atoms with Crippen molar-refractivity contribution in [3.8, 4) is 0 Å². The molecule has 0 bridgehead atoms. The van der Waals surface area contributed by atoms with Crippen LogP contribution in [0.5, 0.6) is 0 Å². The lowest BCUT2D eigenvalue weighted by atomic mass is 10.1. The van der Waals surface area contributed by atoms with Crippen LogP contribution >= 0.6 is 11.6 Å². The van der Waals surface area contributed by atoms with E-state index < -0.39 is 5.91 Å². The Balaban J connectivity index is 1.65. The number of benzene rings is 2. The highest BCUT2D eigenvalue weighted by Crippen LogP contribution is 2.29. The smallest absolute Gasteiger partial charge is 0.276 e. The maximum atomic E-state index is 13.1. The highest BCUT2D eigenvalue weighted by molar-refractivity contribution is 6.33. The number of nitrogens with one attached hydrogen (secondary N) is 2. The fraction of sp³-hybridized carbons (Fsp3) is 0.273. The number of piperazine rings is 1. The van der Waals surface area contributed by atoms with Crippen molar-refractivity contribution in [1.29, 1.82) is 0 Å². The van der Waals surface area contributed by atoms with Gasteiger partial charge in [0, 0.05) is 24.2 Å². The van der Waals surface area contributed by atoms with Gasteiger partial charge in [0.2, 0.25) is 5.91 Å². The Labute approximate surface area is 183 Å². The number of hydrogen-bond donors (Lipinski definition) is 2. The number of fused-ring (bicyclic) bond motifs is 1. The number of halogens is 1. The average Bonchev–Trinajstić information content (AvgIpc) is 2.74. The lowest BCUT2D eigenvalue weighted by Crippen LogP contribution is -2.47. The van der Waals surface area contributed by atoms with E-state index in [4.69, 9.17) is 11.6 Å². The zero-order chi connectivity index (χ0) is 22.1. The van der Waals surface area contributed by atoms with Crippen LogP contribution in [0.3, 0.4) is 0 Å². The maximum Gasteiger partial charge on any atom is 0.276 e. The summed E-state index contributed by atoms with van der Waals surface area (Å²) in [5.74, 6) is -0.496. The fourth-order valence-corrected chi connectivity index (χ4v) is 3.90. The van der Waals surface area contributed by atoms with E-state index in [9.17, 15) is 14.4 Å². The van der Waals surface area contributed by atoms with Gasteiger partial charge < -0.3 is 15.5 Å². The number of carbonyl (C=O) groups excluding carboxylic acids is 2. The molecule has 2 amide bonds. The van der Waals surface area contributed by atoms with Crippen molar-refractivity contribution in [1.82, 2.24) is 15.1 Å². The van der Waals surface area contributed by atoms with Crippen LogP contribution in [0.4, 0.5) is 11.4 Å². The number of aromatic nitrogens is 2. The van der Waals surface area contributed by atoms with Crippen molar-refractivity contribution < 1.29 is 9.59 Å². The standard InChI is InChI=1S/C22H22ClN5O3/c1-13(2)28-22(31)16-6-4-3-5-15(16)20(26-28)21(30)25-14-7-8-18(17(23)11-14)27-10-9-24-19(29)12-27/h3-8,11,13H,9-10,12H2,1-2H3,(H,24,29)(H,25,30). The molecule has 0 aliphatic carbocycles. The van der Waals surface area contributed by atoms with Gasteiger partial charge in [-0.2, -0.15) is 5.10 Å². The van der Waals surface area contributed by atoms with Crippen molar-refractivity contribution in [3.63, 3.8) is 0 Å². The third-order valence-electron chi connectivity index (χ3n) is 5.12. The van der Waals surface area contributed by atoms with E-state index in [0.717, 1.165) is 5.69 Å². The van der Waals surface area contributed by atoms with Crippen LogP contribution in [0.1, 0.15) is 30.4 Å². The van der Waals surface area contributed by atoms with Crippen LogP contribution in [0.2, 0.25) is 5.02 Å². The van der Waals surface area contributed by atoms with Gasteiger partial charge in [0.15, 0.2) is 5.69 Å². The van der Waals surface area contributed by atoms with Gasteiger partial charge in [-0.3, -0.25) is 14.4 Å². The topological polar surface area (TPSA) is 96.3 Å². The molecule has 9 heteroatoms. The van der Waals surface area contributed by atoms with Gasteiger partial charge in [0.05, 0.1) is 28.7 Å². The van der Waals surface area contributed by atoms with Crippen molar-refractivity contribution >= 4 is 45.6 Å². The molecule has 31 heavy (non-hydrogen) atoms. The molecule has 1 saturated heterocycles. The predicted molar refractivity (Wildman–Crippen MR) is 121 cm³/mol. The summed E-state index contributed by atoms with van der Waals surface area (Å²) in [7, 11) is 0. The van der Waals surface area contributed by atoms with Crippen molar-refractivity contribution in [2.24, 2.45) is 0 Å². The molecule has 8 nitrogen and oxygen atoms in total. The fourth-order valence-electron chi connectivity index (χ4n) is 3.60. The molecule has 0 saturated carbocycles. The summed E-state index contributed by atoms with van der Waals surface area (Å²) in [6.45, 7) is 5.12. The Hall–Kier alpha value is -3.39. The molecule has 3 aromatic rings. The zero-order valence-corrected chi connectivity index (χ0v) is 17.9. The first-order valence-corrected chi connectivity index (χ1v) is 10.4. The molecule has 2 heterocycles. The van der Waals surface area contributed by atoms with Crippen LogP contribution < -0.4 is 21.1 Å². The van der Waals surface area contributed by atoms with Gasteiger partial charge in [-0.15, -0.1) is 0 Å². The summed E-state index contributed by atoms with van der Waals surface area (Å²) >= 11 is 6.44. The number of anilines is 2. The van der Waals surface area contributed by atoms with Gasteiger partial charge >= 0.3 is 0 Å². The van der Waals surface area contributed by atoms with Crippen molar-refractivity contribution in [2.45, 2.75) is 19.9 Å². The molecular weight excluding hydrogens is 418 g/mol. The molecule has 1 aromatic heterocycles. The molecule has 1 aliphatic rings. The summed E-state index contributed by atoms with van der Waals surface area (Å²) in [5.41, 5.74) is 1.15. The first-order chi connectivity index (χ1) is 14.8. The van der Waals surface area contributed by atoms with E-state index in [-0.39, 0.29) is 29.7 Å². The molecule has 0 atom stereocenters. The van der Waals surface area contributed by atoms with E-state index >= 15 is 0 Å². The number of hydrogen-bond acceptors (Lipinski definition) is 5. The maximum absolute atomic E-state index is 13.1. The SMILES string of the molecule is CC(C)n1nc(C(=O)Nc2ccc(N3CCNC(=O)C3)c(Cl)c2)c2ccccc2c1=O. The Morgan fingerprint density at radius 1 is 1.16 bits per heavy atom. The van der Waals surface area contributed by atoms with Crippen LogP contribution in [0, 0.1) is 0 Å². The largest absolute Gasteiger partial charge is 0.359 e. The second-order valence-electron chi connectivity index (χ2n) is 7.63. The summed E-state index contributed by atoms with van der Waals surface area (Å²) in [6.07, 6.45) is 0. The van der Waals surface area contributed by atoms with Gasteiger partial charge in [0.1, 0.15) is 0 Å². The Bertz CT molecular complexity index is 1240. The number of carbonyl (C=O) groups is 2. The highest BCUT2D eigenvalue weighted by atomic mass is 35.5. The summed E-state index contributed by atoms with van der Waals surface area (Å²) < 4.78 is 1.31. The Kier molecular flexibility index (Phi) is 5.65. The minimum absolute atomic E-state index is 0.0575. The zero-order valence-electron chi connectivity index (χ0n) is 17.2. The van der Waals surface area contributed by atoms with E-state index in [1.54, 1.807) is 42.5 Å². The molecule has 0 spiro atoms. The van der Waals surface area contributed by atoms with Gasteiger partial charge in [0.25, 0.3) is 11.5 Å². The first kappa shape index (κ1) is 20.9. The number of rotatable bonds is 4. The van der Waals surface area contributed by atoms with E-state index in [1.165, 1.54) is 4.68 Å². The predicted octanol–water partition coefficient (Wildman–Crippen LogP) is 2.82.